The number of nitrogens with zero attached hydrogens (tertiary/aromatic N) is 1. The summed E-state index contributed by atoms with van der Waals surface area (Å²) >= 11 is 1.39. The standard InChI is InChI=1S/C18H19N3O6S/c1-4-25-17(23)14-11(8-26-16(22)13-9(2)21-27-10(13)3)19-18(24)20-15(14)12-6-5-7-28-12/h5-7,15H,4,8H2,1-3H3,(H2,19,20,24)/t15-/m1/s1. The predicted molar refractivity (Wildman–Crippen MR) is 98.6 cm³/mol. The van der Waals surface area contributed by atoms with E-state index in [1.54, 1.807) is 26.8 Å². The van der Waals surface area contributed by atoms with Crippen molar-refractivity contribution in [2.24, 2.45) is 0 Å². The van der Waals surface area contributed by atoms with Crippen molar-refractivity contribution in [2.75, 3.05) is 13.2 Å². The summed E-state index contributed by atoms with van der Waals surface area (Å²) in [4.78, 5) is 37.8. The van der Waals surface area contributed by atoms with E-state index in [4.69, 9.17) is 14.0 Å². The zero-order valence-electron chi connectivity index (χ0n) is 15.5. The third kappa shape index (κ3) is 3.91. The van der Waals surface area contributed by atoms with E-state index >= 15 is 0 Å². The van der Waals surface area contributed by atoms with Crippen molar-refractivity contribution in [2.45, 2.75) is 26.8 Å². The van der Waals surface area contributed by atoms with Crippen LogP contribution in [-0.4, -0.2) is 36.3 Å². The molecule has 0 saturated carbocycles. The van der Waals surface area contributed by atoms with Gasteiger partial charge in [-0.25, -0.2) is 14.4 Å². The molecule has 0 unspecified atom stereocenters. The molecule has 3 heterocycles. The fraction of sp³-hybridized carbons (Fsp3) is 0.333. The highest BCUT2D eigenvalue weighted by Gasteiger charge is 2.35. The summed E-state index contributed by atoms with van der Waals surface area (Å²) < 4.78 is 15.4. The molecule has 2 N–H and O–H groups in total. The molecule has 28 heavy (non-hydrogen) atoms. The summed E-state index contributed by atoms with van der Waals surface area (Å²) in [6.45, 7) is 4.76. The van der Waals surface area contributed by atoms with Gasteiger partial charge in [0, 0.05) is 4.88 Å². The Balaban J connectivity index is 1.91. The Morgan fingerprint density at radius 3 is 2.68 bits per heavy atom. The second-order valence-electron chi connectivity index (χ2n) is 5.93. The van der Waals surface area contributed by atoms with Crippen molar-refractivity contribution < 1.29 is 28.4 Å². The van der Waals surface area contributed by atoms with Gasteiger partial charge in [0.15, 0.2) is 0 Å². The fourth-order valence-corrected chi connectivity index (χ4v) is 3.62. The van der Waals surface area contributed by atoms with Gasteiger partial charge in [-0.2, -0.15) is 0 Å². The second-order valence-corrected chi connectivity index (χ2v) is 6.91. The van der Waals surface area contributed by atoms with Crippen LogP contribution < -0.4 is 10.6 Å². The molecule has 148 valence electrons. The molecule has 3 rings (SSSR count). The number of rotatable bonds is 6. The molecule has 1 aliphatic rings. The van der Waals surface area contributed by atoms with Gasteiger partial charge >= 0.3 is 18.0 Å². The van der Waals surface area contributed by atoms with Gasteiger partial charge in [0.2, 0.25) is 0 Å². The van der Waals surface area contributed by atoms with Gasteiger partial charge in [-0.3, -0.25) is 0 Å². The normalized spacial score (nSPS) is 16.4. The van der Waals surface area contributed by atoms with Crippen LogP contribution in [0.1, 0.15) is 39.7 Å². The molecule has 0 aromatic carbocycles. The van der Waals surface area contributed by atoms with E-state index in [9.17, 15) is 14.4 Å². The van der Waals surface area contributed by atoms with Crippen molar-refractivity contribution in [3.63, 3.8) is 0 Å². The first-order chi connectivity index (χ1) is 13.4. The maximum atomic E-state index is 12.6. The Kier molecular flexibility index (Phi) is 5.78. The number of aromatic nitrogens is 1. The lowest BCUT2D eigenvalue weighted by atomic mass is 10.0. The highest BCUT2D eigenvalue weighted by molar-refractivity contribution is 7.10. The van der Waals surface area contributed by atoms with Crippen molar-refractivity contribution in [1.29, 1.82) is 0 Å². The number of carbonyl (C=O) groups is 3. The van der Waals surface area contributed by atoms with Crippen LogP contribution in [0.5, 0.6) is 0 Å². The Labute approximate surface area is 164 Å². The Morgan fingerprint density at radius 2 is 2.07 bits per heavy atom. The van der Waals surface area contributed by atoms with E-state index in [1.807, 2.05) is 11.4 Å². The number of ether oxygens (including phenoxy) is 2. The molecule has 0 aliphatic carbocycles. The summed E-state index contributed by atoms with van der Waals surface area (Å²) in [6.07, 6.45) is 0. The molecular weight excluding hydrogens is 386 g/mol. The maximum absolute atomic E-state index is 12.6. The number of urea groups is 1. The fourth-order valence-electron chi connectivity index (χ4n) is 2.83. The molecule has 9 nitrogen and oxygen atoms in total. The first kappa shape index (κ1) is 19.6. The first-order valence-electron chi connectivity index (χ1n) is 8.53. The lowest BCUT2D eigenvalue weighted by Gasteiger charge is -2.28. The maximum Gasteiger partial charge on any atom is 0.344 e. The molecular formula is C18H19N3O6S. The van der Waals surface area contributed by atoms with E-state index in [-0.39, 0.29) is 30.0 Å². The van der Waals surface area contributed by atoms with Crippen molar-refractivity contribution in [1.82, 2.24) is 15.8 Å². The van der Waals surface area contributed by atoms with E-state index in [1.165, 1.54) is 11.3 Å². The van der Waals surface area contributed by atoms with Crippen molar-refractivity contribution >= 4 is 29.3 Å². The molecule has 1 aliphatic heterocycles. The van der Waals surface area contributed by atoms with Crippen LogP contribution in [0.4, 0.5) is 4.79 Å². The number of thiophene rings is 1. The molecule has 0 bridgehead atoms. The average molecular weight is 405 g/mol. The first-order valence-corrected chi connectivity index (χ1v) is 9.41. The van der Waals surface area contributed by atoms with Crippen LogP contribution in [0.15, 0.2) is 33.3 Å². The molecule has 0 spiro atoms. The van der Waals surface area contributed by atoms with Crippen LogP contribution in [0.2, 0.25) is 0 Å². The Morgan fingerprint density at radius 1 is 1.29 bits per heavy atom. The highest BCUT2D eigenvalue weighted by Crippen LogP contribution is 2.30. The van der Waals surface area contributed by atoms with Crippen LogP contribution in [0, 0.1) is 13.8 Å². The van der Waals surface area contributed by atoms with Crippen LogP contribution in [-0.2, 0) is 14.3 Å². The van der Waals surface area contributed by atoms with Gasteiger partial charge in [-0.05, 0) is 32.2 Å². The lowest BCUT2D eigenvalue weighted by molar-refractivity contribution is -0.139. The topological polar surface area (TPSA) is 120 Å². The summed E-state index contributed by atoms with van der Waals surface area (Å²) in [7, 11) is 0. The minimum atomic E-state index is -0.694. The number of aryl methyl sites for hydroxylation is 2. The third-order valence-corrected chi connectivity index (χ3v) is 5.00. The smallest absolute Gasteiger partial charge is 0.344 e. The predicted octanol–water partition coefficient (Wildman–Crippen LogP) is 2.38. The van der Waals surface area contributed by atoms with Crippen molar-refractivity contribution in [3.05, 3.63) is 50.7 Å². The highest BCUT2D eigenvalue weighted by atomic mass is 32.1. The van der Waals surface area contributed by atoms with Crippen molar-refractivity contribution in [3.8, 4) is 0 Å². The van der Waals surface area contributed by atoms with Gasteiger partial charge in [0.1, 0.15) is 17.9 Å². The minimum absolute atomic E-state index is 0.166. The molecule has 0 radical (unpaired) electrons. The molecule has 2 amide bonds. The number of hydrogen-bond donors (Lipinski definition) is 2. The zero-order chi connectivity index (χ0) is 20.3. The second kappa shape index (κ2) is 8.26. The van der Waals surface area contributed by atoms with Gasteiger partial charge < -0.3 is 24.6 Å². The third-order valence-electron chi connectivity index (χ3n) is 4.06. The largest absolute Gasteiger partial charge is 0.463 e. The van der Waals surface area contributed by atoms with Crippen LogP contribution in [0.25, 0.3) is 0 Å². The molecule has 2 aromatic rings. The number of amides is 2. The monoisotopic (exact) mass is 405 g/mol. The minimum Gasteiger partial charge on any atom is -0.463 e. The summed E-state index contributed by atoms with van der Waals surface area (Å²) in [6, 6.07) is 2.41. The summed E-state index contributed by atoms with van der Waals surface area (Å²) in [5.74, 6) is -0.933. The van der Waals surface area contributed by atoms with Crippen LogP contribution in [0.3, 0.4) is 0 Å². The number of nitrogens with one attached hydrogen (secondary N) is 2. The number of esters is 2. The van der Waals surface area contributed by atoms with E-state index < -0.39 is 24.0 Å². The van der Waals surface area contributed by atoms with E-state index in [0.717, 1.165) is 4.88 Å². The number of hydrogen-bond acceptors (Lipinski definition) is 8. The summed E-state index contributed by atoms with van der Waals surface area (Å²) in [5, 5.41) is 10.8. The molecule has 10 heteroatoms. The number of carbonyl (C=O) groups excluding carboxylic acids is 3. The molecule has 0 fully saturated rings. The van der Waals surface area contributed by atoms with E-state index in [0.29, 0.717) is 11.5 Å². The quantitative estimate of drug-likeness (QED) is 0.708. The van der Waals surface area contributed by atoms with E-state index in [2.05, 4.69) is 15.8 Å². The summed E-state index contributed by atoms with van der Waals surface area (Å²) in [5.41, 5.74) is 0.970. The SMILES string of the molecule is CCOC(=O)C1=C(COC(=O)c2c(C)noc2C)NC(=O)N[C@@H]1c1cccs1. The van der Waals surface area contributed by atoms with Gasteiger partial charge in [0.25, 0.3) is 0 Å². The Hall–Kier alpha value is -3.14. The van der Waals surface area contributed by atoms with Crippen LogP contribution >= 0.6 is 11.3 Å². The zero-order valence-corrected chi connectivity index (χ0v) is 16.3. The average Bonchev–Trinajstić information content (AvgIpc) is 3.29. The van der Waals surface area contributed by atoms with Gasteiger partial charge in [-0.15, -0.1) is 11.3 Å². The van der Waals surface area contributed by atoms with Gasteiger partial charge in [0.05, 0.1) is 29.6 Å². The Bertz CT molecular complexity index is 912. The molecule has 1 atom stereocenters. The van der Waals surface area contributed by atoms with Gasteiger partial charge in [-0.1, -0.05) is 11.2 Å². The molecule has 0 saturated heterocycles. The lowest BCUT2D eigenvalue weighted by Crippen LogP contribution is -2.46. The molecule has 2 aromatic heterocycles.